The third-order valence-corrected chi connectivity index (χ3v) is 12.7. The highest BCUT2D eigenvalue weighted by Crippen LogP contribution is 2.59. The molecular formula is C59H39NO. The molecule has 0 saturated carbocycles. The normalized spacial score (nSPS) is 12.7. The van der Waals surface area contributed by atoms with E-state index in [-0.39, 0.29) is 0 Å². The number of para-hydroxylation sites is 1. The Kier molecular flexibility index (Phi) is 8.11. The summed E-state index contributed by atoms with van der Waals surface area (Å²) in [4.78, 5) is 2.37. The summed E-state index contributed by atoms with van der Waals surface area (Å²) in [5.74, 6) is 0. The van der Waals surface area contributed by atoms with Crippen LogP contribution in [0.4, 0.5) is 17.1 Å². The largest absolute Gasteiger partial charge is 0.455 e. The van der Waals surface area contributed by atoms with E-state index in [0.29, 0.717) is 0 Å². The summed E-state index contributed by atoms with van der Waals surface area (Å²) in [6.45, 7) is 0. The summed E-state index contributed by atoms with van der Waals surface area (Å²) in [5.41, 5.74) is 16.8. The summed E-state index contributed by atoms with van der Waals surface area (Å²) >= 11 is 0. The lowest BCUT2D eigenvalue weighted by Gasteiger charge is -2.35. The van der Waals surface area contributed by atoms with Crippen LogP contribution in [0.15, 0.2) is 241 Å². The van der Waals surface area contributed by atoms with Crippen molar-refractivity contribution in [2.45, 2.75) is 5.41 Å². The molecule has 0 N–H and O–H groups in total. The standard InChI is InChI=1S/C59H39NO/c1-5-19-40(20-6-1)41-35-37-45(38-36-41)60(44-25-11-4-12-26-44)54-33-18-34-55-56(54)52-39-51(46-27-13-14-29-50(46)58(52)61-55)49-31-17-30-48-47-28-15-16-32-53(47)59(57(48)49,42-21-7-2-8-22-42)43-23-9-3-10-24-43/h1-39H. The zero-order chi connectivity index (χ0) is 40.3. The number of rotatable bonds is 7. The maximum Gasteiger partial charge on any atom is 0.143 e. The van der Waals surface area contributed by atoms with Crippen LogP contribution in [0, 0.1) is 0 Å². The second-order valence-corrected chi connectivity index (χ2v) is 15.9. The van der Waals surface area contributed by atoms with Crippen molar-refractivity contribution in [2.24, 2.45) is 0 Å². The van der Waals surface area contributed by atoms with E-state index < -0.39 is 5.41 Å². The maximum absolute atomic E-state index is 6.99. The van der Waals surface area contributed by atoms with E-state index in [1.807, 2.05) is 0 Å². The molecule has 2 nitrogen and oxygen atoms in total. The minimum atomic E-state index is -0.555. The van der Waals surface area contributed by atoms with Crippen molar-refractivity contribution in [3.63, 3.8) is 0 Å². The van der Waals surface area contributed by atoms with Crippen LogP contribution in [0.1, 0.15) is 22.3 Å². The van der Waals surface area contributed by atoms with Gasteiger partial charge in [0.25, 0.3) is 0 Å². The van der Waals surface area contributed by atoms with Gasteiger partial charge in [0, 0.05) is 22.1 Å². The third kappa shape index (κ3) is 5.36. The van der Waals surface area contributed by atoms with Crippen molar-refractivity contribution in [3.05, 3.63) is 259 Å². The van der Waals surface area contributed by atoms with Gasteiger partial charge in [-0.2, -0.15) is 0 Å². The number of anilines is 3. The molecule has 12 rings (SSSR count). The van der Waals surface area contributed by atoms with Crippen LogP contribution in [0.5, 0.6) is 0 Å². The molecule has 0 spiro atoms. The lowest BCUT2D eigenvalue weighted by molar-refractivity contribution is 0.672. The van der Waals surface area contributed by atoms with Gasteiger partial charge in [0.15, 0.2) is 0 Å². The minimum Gasteiger partial charge on any atom is -0.455 e. The Bertz CT molecular complexity index is 3350. The molecule has 0 unspecified atom stereocenters. The number of fused-ring (bicyclic) bond motifs is 8. The van der Waals surface area contributed by atoms with Crippen LogP contribution in [0.3, 0.4) is 0 Å². The highest BCUT2D eigenvalue weighted by Gasteiger charge is 2.47. The van der Waals surface area contributed by atoms with Crippen LogP contribution in [0.2, 0.25) is 0 Å². The molecule has 0 fully saturated rings. The molecular weight excluding hydrogens is 739 g/mol. The van der Waals surface area contributed by atoms with Gasteiger partial charge >= 0.3 is 0 Å². The lowest BCUT2D eigenvalue weighted by Crippen LogP contribution is -2.29. The van der Waals surface area contributed by atoms with Gasteiger partial charge in [-0.25, -0.2) is 0 Å². The van der Waals surface area contributed by atoms with E-state index in [1.165, 1.54) is 55.6 Å². The molecule has 0 aliphatic heterocycles. The van der Waals surface area contributed by atoms with Crippen molar-refractivity contribution in [2.75, 3.05) is 4.90 Å². The van der Waals surface area contributed by atoms with E-state index in [9.17, 15) is 0 Å². The Labute approximate surface area is 355 Å². The van der Waals surface area contributed by atoms with Gasteiger partial charge in [-0.05, 0) is 103 Å². The Morgan fingerprint density at radius 3 is 1.59 bits per heavy atom. The van der Waals surface area contributed by atoms with Crippen molar-refractivity contribution in [1.82, 2.24) is 0 Å². The Morgan fingerprint density at radius 2 is 0.885 bits per heavy atom. The summed E-state index contributed by atoms with van der Waals surface area (Å²) in [6.07, 6.45) is 0. The van der Waals surface area contributed by atoms with Crippen LogP contribution in [0.25, 0.3) is 66.1 Å². The maximum atomic E-state index is 6.99. The molecule has 0 amide bonds. The second kappa shape index (κ2) is 14.1. The van der Waals surface area contributed by atoms with E-state index in [1.54, 1.807) is 0 Å². The lowest BCUT2D eigenvalue weighted by atomic mass is 9.66. The molecule has 1 aliphatic carbocycles. The molecule has 0 saturated heterocycles. The van der Waals surface area contributed by atoms with Gasteiger partial charge in [-0.1, -0.05) is 194 Å². The van der Waals surface area contributed by atoms with Crippen LogP contribution < -0.4 is 4.90 Å². The van der Waals surface area contributed by atoms with Gasteiger partial charge in [0.2, 0.25) is 0 Å². The minimum absolute atomic E-state index is 0.555. The van der Waals surface area contributed by atoms with E-state index in [2.05, 4.69) is 241 Å². The summed E-state index contributed by atoms with van der Waals surface area (Å²) in [6, 6.07) is 85.9. The second-order valence-electron chi connectivity index (χ2n) is 15.9. The predicted molar refractivity (Wildman–Crippen MR) is 254 cm³/mol. The van der Waals surface area contributed by atoms with Gasteiger partial charge in [0.05, 0.1) is 16.5 Å². The molecule has 10 aromatic carbocycles. The van der Waals surface area contributed by atoms with E-state index in [0.717, 1.165) is 49.8 Å². The number of furan rings is 1. The van der Waals surface area contributed by atoms with Crippen molar-refractivity contribution in [3.8, 4) is 33.4 Å². The number of hydrogen-bond donors (Lipinski definition) is 0. The summed E-state index contributed by atoms with van der Waals surface area (Å²) in [5, 5.41) is 4.41. The fraction of sp³-hybridized carbons (Fsp3) is 0.0169. The first-order valence-electron chi connectivity index (χ1n) is 21.0. The Hall–Kier alpha value is -7.94. The molecule has 0 bridgehead atoms. The van der Waals surface area contributed by atoms with Crippen molar-refractivity contribution < 1.29 is 4.42 Å². The van der Waals surface area contributed by atoms with Crippen molar-refractivity contribution >= 4 is 49.8 Å². The highest BCUT2D eigenvalue weighted by atomic mass is 16.3. The fourth-order valence-corrected chi connectivity index (χ4v) is 10.2. The van der Waals surface area contributed by atoms with Gasteiger partial charge in [0.1, 0.15) is 11.2 Å². The molecule has 0 atom stereocenters. The molecule has 61 heavy (non-hydrogen) atoms. The molecule has 11 aromatic rings. The number of benzene rings is 10. The zero-order valence-corrected chi connectivity index (χ0v) is 33.4. The number of hydrogen-bond acceptors (Lipinski definition) is 2. The molecule has 286 valence electrons. The molecule has 2 heteroatoms. The highest BCUT2D eigenvalue weighted by molar-refractivity contribution is 6.23. The fourth-order valence-electron chi connectivity index (χ4n) is 10.2. The van der Waals surface area contributed by atoms with Crippen LogP contribution in [-0.2, 0) is 5.41 Å². The Morgan fingerprint density at radius 1 is 0.361 bits per heavy atom. The molecule has 1 aliphatic rings. The summed E-state index contributed by atoms with van der Waals surface area (Å²) in [7, 11) is 0. The predicted octanol–water partition coefficient (Wildman–Crippen LogP) is 15.9. The quantitative estimate of drug-likeness (QED) is 0.160. The summed E-state index contributed by atoms with van der Waals surface area (Å²) < 4.78 is 6.99. The smallest absolute Gasteiger partial charge is 0.143 e. The zero-order valence-electron chi connectivity index (χ0n) is 33.4. The Balaban J connectivity index is 1.15. The average molecular weight is 778 g/mol. The first kappa shape index (κ1) is 35.0. The first-order chi connectivity index (χ1) is 30.3. The van der Waals surface area contributed by atoms with Crippen molar-refractivity contribution in [1.29, 1.82) is 0 Å². The van der Waals surface area contributed by atoms with E-state index in [4.69, 9.17) is 4.42 Å². The van der Waals surface area contributed by atoms with Gasteiger partial charge in [-0.3, -0.25) is 0 Å². The molecule has 1 heterocycles. The topological polar surface area (TPSA) is 16.4 Å². The van der Waals surface area contributed by atoms with E-state index >= 15 is 0 Å². The van der Waals surface area contributed by atoms with Crippen LogP contribution >= 0.6 is 0 Å². The van der Waals surface area contributed by atoms with Gasteiger partial charge < -0.3 is 9.32 Å². The molecule has 1 aromatic heterocycles. The SMILES string of the molecule is c1ccc(-c2ccc(N(c3ccccc3)c3cccc4oc5c6ccccc6c(-c6cccc7c6C(c6ccccc6)(c6ccccc6)c6ccccc6-7)cc5c34)cc2)cc1. The molecule has 0 radical (unpaired) electrons. The van der Waals surface area contributed by atoms with Crippen LogP contribution in [-0.4, -0.2) is 0 Å². The average Bonchev–Trinajstić information content (AvgIpc) is 3.88. The number of nitrogens with zero attached hydrogens (tertiary/aromatic N) is 1. The monoisotopic (exact) mass is 777 g/mol. The first-order valence-corrected chi connectivity index (χ1v) is 21.0. The van der Waals surface area contributed by atoms with Gasteiger partial charge in [-0.15, -0.1) is 0 Å². The third-order valence-electron chi connectivity index (χ3n) is 12.7.